The molecule has 84 valence electrons. The molecule has 0 fully saturated rings. The van der Waals surface area contributed by atoms with Gasteiger partial charge in [0, 0.05) is 16.4 Å². The third-order valence-electron chi connectivity index (χ3n) is 2.59. The highest BCUT2D eigenvalue weighted by Crippen LogP contribution is 2.29. The summed E-state index contributed by atoms with van der Waals surface area (Å²) in [7, 11) is 0. The quantitative estimate of drug-likeness (QED) is 0.688. The highest BCUT2D eigenvalue weighted by Gasteiger charge is 2.21. The predicted molar refractivity (Wildman–Crippen MR) is 62.7 cm³/mol. The molecule has 3 heteroatoms. The summed E-state index contributed by atoms with van der Waals surface area (Å²) in [6.45, 7) is 7.80. The number of carbonyl (C=O) groups is 1. The van der Waals surface area contributed by atoms with Gasteiger partial charge in [0.05, 0.1) is 5.69 Å². The number of benzene rings is 1. The number of rotatable bonds is 1. The Bertz CT molecular complexity index is 547. The second-order valence-electron chi connectivity index (χ2n) is 5.05. The van der Waals surface area contributed by atoms with E-state index in [0.29, 0.717) is 11.1 Å². The molecule has 2 aromatic rings. The maximum atomic E-state index is 11.2. The van der Waals surface area contributed by atoms with Crippen LogP contribution in [0, 0.1) is 0 Å². The van der Waals surface area contributed by atoms with E-state index in [2.05, 4.69) is 25.9 Å². The normalized spacial score (nSPS) is 12.0. The molecule has 1 aromatic carbocycles. The van der Waals surface area contributed by atoms with Crippen LogP contribution >= 0.6 is 0 Å². The second kappa shape index (κ2) is 3.44. The van der Waals surface area contributed by atoms with Gasteiger partial charge in [-0.25, -0.2) is 0 Å². The lowest BCUT2D eigenvalue weighted by molar-refractivity contribution is 0.101. The molecule has 1 aromatic heterocycles. The maximum absolute atomic E-state index is 11.2. The highest BCUT2D eigenvalue weighted by molar-refractivity contribution is 5.97. The Hall–Kier alpha value is -1.64. The molecule has 2 rings (SSSR count). The van der Waals surface area contributed by atoms with Gasteiger partial charge in [0.1, 0.15) is 0 Å². The second-order valence-corrected chi connectivity index (χ2v) is 5.05. The van der Waals surface area contributed by atoms with E-state index in [1.165, 1.54) is 0 Å². The Morgan fingerprint density at radius 3 is 2.56 bits per heavy atom. The van der Waals surface area contributed by atoms with Crippen LogP contribution in [0.2, 0.25) is 0 Å². The van der Waals surface area contributed by atoms with Gasteiger partial charge in [0.2, 0.25) is 0 Å². The van der Waals surface area contributed by atoms with Gasteiger partial charge in [-0.3, -0.25) is 4.79 Å². The lowest BCUT2D eigenvalue weighted by atomic mass is 9.90. The smallest absolute Gasteiger partial charge is 0.167 e. The number of Topliss-reactive ketones (excluding diaryl/α,β-unsaturated/α-hetero) is 1. The first-order chi connectivity index (χ1) is 7.39. The average Bonchev–Trinajstić information content (AvgIpc) is 2.58. The summed E-state index contributed by atoms with van der Waals surface area (Å²) in [6, 6.07) is 5.47. The van der Waals surface area contributed by atoms with Crippen LogP contribution in [0.15, 0.2) is 22.7 Å². The number of hydrogen-bond acceptors (Lipinski definition) is 3. The van der Waals surface area contributed by atoms with Crippen LogP contribution < -0.4 is 0 Å². The largest absolute Gasteiger partial charge is 0.356 e. The number of ketones is 1. The van der Waals surface area contributed by atoms with E-state index in [4.69, 9.17) is 4.52 Å². The molecule has 0 bridgehead atoms. The summed E-state index contributed by atoms with van der Waals surface area (Å²) in [4.78, 5) is 11.2. The number of aromatic nitrogens is 1. The van der Waals surface area contributed by atoms with Crippen molar-refractivity contribution < 1.29 is 9.32 Å². The van der Waals surface area contributed by atoms with Crippen LogP contribution in [0.5, 0.6) is 0 Å². The van der Waals surface area contributed by atoms with Crippen molar-refractivity contribution in [3.8, 4) is 0 Å². The first-order valence-electron chi connectivity index (χ1n) is 5.30. The van der Waals surface area contributed by atoms with E-state index in [1.807, 2.05) is 12.1 Å². The average molecular weight is 217 g/mol. The fourth-order valence-corrected chi connectivity index (χ4v) is 1.70. The van der Waals surface area contributed by atoms with Gasteiger partial charge >= 0.3 is 0 Å². The van der Waals surface area contributed by atoms with Crippen molar-refractivity contribution in [3.05, 3.63) is 29.5 Å². The van der Waals surface area contributed by atoms with Crippen LogP contribution in [0.4, 0.5) is 0 Å². The molecule has 16 heavy (non-hydrogen) atoms. The third kappa shape index (κ3) is 1.73. The van der Waals surface area contributed by atoms with Crippen molar-refractivity contribution in [1.29, 1.82) is 0 Å². The Balaban J connectivity index is 2.64. The van der Waals surface area contributed by atoms with Crippen molar-refractivity contribution >= 4 is 16.8 Å². The Kier molecular flexibility index (Phi) is 2.34. The number of fused-ring (bicyclic) bond motifs is 1. The van der Waals surface area contributed by atoms with E-state index in [9.17, 15) is 4.79 Å². The summed E-state index contributed by atoms with van der Waals surface area (Å²) in [5.41, 5.74) is 2.21. The molecular formula is C13H15NO2. The molecule has 0 radical (unpaired) electrons. The summed E-state index contributed by atoms with van der Waals surface area (Å²) in [5, 5.41) is 5.06. The number of carbonyl (C=O) groups excluding carboxylic acids is 1. The van der Waals surface area contributed by atoms with Crippen molar-refractivity contribution in [2.24, 2.45) is 0 Å². The Labute approximate surface area is 94.4 Å². The summed E-state index contributed by atoms with van der Waals surface area (Å²) in [6.07, 6.45) is 0. The van der Waals surface area contributed by atoms with Crippen LogP contribution in [-0.2, 0) is 5.41 Å². The standard InChI is InChI=1S/C13H15NO2/c1-8(15)9-5-6-10-11(7-9)16-14-12(10)13(2,3)4/h5-7H,1-4H3. The first-order valence-corrected chi connectivity index (χ1v) is 5.30. The molecule has 0 N–H and O–H groups in total. The molecule has 0 atom stereocenters. The summed E-state index contributed by atoms with van der Waals surface area (Å²) in [5.74, 6) is 0.0376. The molecule has 0 aliphatic carbocycles. The Morgan fingerprint density at radius 2 is 2.00 bits per heavy atom. The molecule has 0 saturated heterocycles. The van der Waals surface area contributed by atoms with E-state index in [1.54, 1.807) is 13.0 Å². The van der Waals surface area contributed by atoms with Gasteiger partial charge in [0.25, 0.3) is 0 Å². The number of hydrogen-bond donors (Lipinski definition) is 0. The van der Waals surface area contributed by atoms with Crippen LogP contribution in [0.3, 0.4) is 0 Å². The van der Waals surface area contributed by atoms with Gasteiger partial charge in [-0.1, -0.05) is 32.0 Å². The molecule has 3 nitrogen and oxygen atoms in total. The van der Waals surface area contributed by atoms with E-state index in [-0.39, 0.29) is 11.2 Å². The van der Waals surface area contributed by atoms with Gasteiger partial charge in [-0.2, -0.15) is 0 Å². The van der Waals surface area contributed by atoms with Crippen LogP contribution in [0.1, 0.15) is 43.7 Å². The fourth-order valence-electron chi connectivity index (χ4n) is 1.70. The zero-order valence-electron chi connectivity index (χ0n) is 10.00. The lowest BCUT2D eigenvalue weighted by Gasteiger charge is -2.14. The topological polar surface area (TPSA) is 43.1 Å². The molecule has 0 aliphatic heterocycles. The van der Waals surface area contributed by atoms with E-state index >= 15 is 0 Å². The molecule has 0 amide bonds. The molecule has 1 heterocycles. The molecule has 0 aliphatic rings. The summed E-state index contributed by atoms with van der Waals surface area (Å²) >= 11 is 0. The molecule has 0 spiro atoms. The van der Waals surface area contributed by atoms with Crippen molar-refractivity contribution in [2.45, 2.75) is 33.1 Å². The van der Waals surface area contributed by atoms with Gasteiger partial charge < -0.3 is 4.52 Å². The maximum Gasteiger partial charge on any atom is 0.167 e. The fraction of sp³-hybridized carbons (Fsp3) is 0.385. The zero-order valence-corrected chi connectivity index (χ0v) is 10.00. The lowest BCUT2D eigenvalue weighted by Crippen LogP contribution is -2.11. The molecule has 0 unspecified atom stereocenters. The van der Waals surface area contributed by atoms with Gasteiger partial charge in [-0.15, -0.1) is 0 Å². The Morgan fingerprint density at radius 1 is 1.31 bits per heavy atom. The minimum Gasteiger partial charge on any atom is -0.356 e. The molecule has 0 saturated carbocycles. The highest BCUT2D eigenvalue weighted by atomic mass is 16.5. The van der Waals surface area contributed by atoms with Crippen molar-refractivity contribution in [2.75, 3.05) is 0 Å². The summed E-state index contributed by atoms with van der Waals surface area (Å²) < 4.78 is 5.26. The first kappa shape index (κ1) is 10.9. The van der Waals surface area contributed by atoms with Crippen LogP contribution in [0.25, 0.3) is 11.0 Å². The minimum atomic E-state index is -0.0526. The van der Waals surface area contributed by atoms with Crippen molar-refractivity contribution in [1.82, 2.24) is 5.16 Å². The number of nitrogens with zero attached hydrogens (tertiary/aromatic N) is 1. The van der Waals surface area contributed by atoms with Gasteiger partial charge in [0.15, 0.2) is 11.4 Å². The minimum absolute atomic E-state index is 0.0376. The van der Waals surface area contributed by atoms with E-state index in [0.717, 1.165) is 11.1 Å². The predicted octanol–water partition coefficient (Wildman–Crippen LogP) is 3.33. The molecular weight excluding hydrogens is 202 g/mol. The third-order valence-corrected chi connectivity index (χ3v) is 2.59. The van der Waals surface area contributed by atoms with Gasteiger partial charge in [-0.05, 0) is 19.1 Å². The van der Waals surface area contributed by atoms with Crippen LogP contribution in [-0.4, -0.2) is 10.9 Å². The zero-order chi connectivity index (χ0) is 11.9. The SMILES string of the molecule is CC(=O)c1ccc2c(C(C)(C)C)noc2c1. The van der Waals surface area contributed by atoms with E-state index < -0.39 is 0 Å². The monoisotopic (exact) mass is 217 g/mol. The van der Waals surface area contributed by atoms with Crippen molar-refractivity contribution in [3.63, 3.8) is 0 Å².